The Balaban J connectivity index is 0.000000243. The zero-order valence-corrected chi connectivity index (χ0v) is 13.8. The van der Waals surface area contributed by atoms with Crippen molar-refractivity contribution >= 4 is 32.5 Å². The van der Waals surface area contributed by atoms with Crippen molar-refractivity contribution in [3.63, 3.8) is 0 Å². The van der Waals surface area contributed by atoms with E-state index in [1.807, 2.05) is 3.75 Å². The predicted octanol–water partition coefficient (Wildman–Crippen LogP) is 3.47. The molecule has 0 spiro atoms. The maximum atomic E-state index is 12.5. The lowest BCUT2D eigenvalue weighted by atomic mass is 10.2. The fraction of sp³-hybridized carbons (Fsp3) is 0. The maximum absolute atomic E-state index is 12.5. The Morgan fingerprint density at radius 3 is 1.62 bits per heavy atom. The standard InChI is InChI=1S/C7HF5O.C6H6BrNO2S/c8-3-2(1-13)4(9)6(11)7(12)5(3)10;7-8-11(9,10)6-4-2-1-3-5-6/h1H;1-5,8H. The first-order valence-corrected chi connectivity index (χ1v) is 8.09. The Morgan fingerprint density at radius 1 is 0.833 bits per heavy atom. The number of carbonyl (C=O) groups excluding carboxylic acids is 1. The number of sulfonamides is 1. The van der Waals surface area contributed by atoms with Gasteiger partial charge in [0.2, 0.25) is 15.8 Å². The van der Waals surface area contributed by atoms with Crippen LogP contribution in [-0.2, 0) is 10.0 Å². The van der Waals surface area contributed by atoms with E-state index in [2.05, 4.69) is 16.1 Å². The highest BCUT2D eigenvalue weighted by atomic mass is 79.9. The molecule has 0 saturated heterocycles. The zero-order valence-electron chi connectivity index (χ0n) is 11.4. The van der Waals surface area contributed by atoms with Crippen molar-refractivity contribution in [1.82, 2.24) is 3.75 Å². The molecule has 0 fully saturated rings. The number of carbonyl (C=O) groups is 1. The average molecular weight is 432 g/mol. The average Bonchev–Trinajstić information content (AvgIpc) is 2.60. The first-order chi connectivity index (χ1) is 11.2. The summed E-state index contributed by atoms with van der Waals surface area (Å²) < 4.78 is 85.9. The van der Waals surface area contributed by atoms with Crippen molar-refractivity contribution in [1.29, 1.82) is 0 Å². The van der Waals surface area contributed by atoms with E-state index in [0.29, 0.717) is 0 Å². The fourth-order valence-corrected chi connectivity index (χ4v) is 2.53. The van der Waals surface area contributed by atoms with Gasteiger partial charge in [0.05, 0.1) is 10.5 Å². The molecule has 24 heavy (non-hydrogen) atoms. The van der Waals surface area contributed by atoms with Crippen LogP contribution < -0.4 is 3.75 Å². The summed E-state index contributed by atoms with van der Waals surface area (Å²) >= 11 is 2.67. The van der Waals surface area contributed by atoms with Gasteiger partial charge in [-0.25, -0.2) is 30.4 Å². The predicted molar refractivity (Wildman–Crippen MR) is 77.3 cm³/mol. The molecular formula is C13H7BrF5NO3S. The van der Waals surface area contributed by atoms with Gasteiger partial charge in [0.1, 0.15) is 0 Å². The van der Waals surface area contributed by atoms with E-state index in [1.165, 1.54) is 12.1 Å². The lowest BCUT2D eigenvalue weighted by Gasteiger charge is -2.01. The van der Waals surface area contributed by atoms with Crippen molar-refractivity contribution in [2.45, 2.75) is 4.90 Å². The van der Waals surface area contributed by atoms with Crippen LogP contribution in [0.2, 0.25) is 0 Å². The Kier molecular flexibility index (Phi) is 6.99. The first-order valence-electron chi connectivity index (χ1n) is 5.81. The Hall–Kier alpha value is -1.85. The zero-order chi connectivity index (χ0) is 18.5. The summed E-state index contributed by atoms with van der Waals surface area (Å²) in [4.78, 5) is 10.2. The number of nitrogens with one attached hydrogen (secondary N) is 1. The van der Waals surface area contributed by atoms with E-state index >= 15 is 0 Å². The van der Waals surface area contributed by atoms with E-state index in [4.69, 9.17) is 0 Å². The molecular weight excluding hydrogens is 425 g/mol. The van der Waals surface area contributed by atoms with Crippen LogP contribution in [0.1, 0.15) is 10.4 Å². The number of halogens is 6. The summed E-state index contributed by atoms with van der Waals surface area (Å²) in [5.41, 5.74) is -1.46. The number of hydrogen-bond acceptors (Lipinski definition) is 3. The molecule has 4 nitrogen and oxygen atoms in total. The highest BCUT2D eigenvalue weighted by Gasteiger charge is 2.24. The second kappa shape index (κ2) is 8.31. The molecule has 0 radical (unpaired) electrons. The third-order valence-electron chi connectivity index (χ3n) is 2.52. The normalized spacial score (nSPS) is 10.8. The van der Waals surface area contributed by atoms with Gasteiger partial charge in [-0.05, 0) is 12.1 Å². The number of benzene rings is 2. The summed E-state index contributed by atoms with van der Waals surface area (Å²) in [6.45, 7) is 0. The molecule has 0 aliphatic heterocycles. The minimum atomic E-state index is -3.33. The Morgan fingerprint density at radius 2 is 1.25 bits per heavy atom. The first kappa shape index (κ1) is 20.2. The molecule has 1 N–H and O–H groups in total. The summed E-state index contributed by atoms with van der Waals surface area (Å²) in [5, 5.41) is 0. The molecule has 0 aliphatic carbocycles. The van der Waals surface area contributed by atoms with Crippen LogP contribution >= 0.6 is 16.1 Å². The molecule has 0 amide bonds. The smallest absolute Gasteiger partial charge is 0.250 e. The van der Waals surface area contributed by atoms with Gasteiger partial charge in [0.15, 0.2) is 29.6 Å². The number of aldehydes is 1. The quantitative estimate of drug-likeness (QED) is 0.266. The van der Waals surface area contributed by atoms with Crippen LogP contribution in [0.5, 0.6) is 0 Å². The molecule has 130 valence electrons. The van der Waals surface area contributed by atoms with Crippen molar-refractivity contribution in [2.24, 2.45) is 0 Å². The van der Waals surface area contributed by atoms with Gasteiger partial charge in [0, 0.05) is 16.1 Å². The monoisotopic (exact) mass is 431 g/mol. The Labute approximate surface area is 141 Å². The topological polar surface area (TPSA) is 63.2 Å². The van der Waals surface area contributed by atoms with Crippen LogP contribution in [0.25, 0.3) is 0 Å². The van der Waals surface area contributed by atoms with Crippen molar-refractivity contribution in [3.8, 4) is 0 Å². The molecule has 0 bridgehead atoms. The number of rotatable bonds is 3. The summed E-state index contributed by atoms with van der Waals surface area (Å²) in [6.07, 6.45) is -0.434. The van der Waals surface area contributed by atoms with Crippen LogP contribution in [0.15, 0.2) is 35.2 Å². The second-order valence-electron chi connectivity index (χ2n) is 4.00. The molecule has 11 heteroatoms. The van der Waals surface area contributed by atoms with E-state index < -0.39 is 51.0 Å². The van der Waals surface area contributed by atoms with Crippen LogP contribution in [0, 0.1) is 29.1 Å². The van der Waals surface area contributed by atoms with Gasteiger partial charge >= 0.3 is 0 Å². The third-order valence-corrected chi connectivity index (χ3v) is 4.89. The number of hydrogen-bond donors (Lipinski definition) is 1. The minimum absolute atomic E-state index is 0.247. The molecule has 0 unspecified atom stereocenters. The Bertz CT molecular complexity index is 817. The minimum Gasteiger partial charge on any atom is -0.298 e. The lowest BCUT2D eigenvalue weighted by Crippen LogP contribution is -2.12. The van der Waals surface area contributed by atoms with Crippen molar-refractivity contribution < 1.29 is 35.2 Å². The maximum Gasteiger partial charge on any atom is 0.250 e. The van der Waals surface area contributed by atoms with Gasteiger partial charge in [-0.3, -0.25) is 4.79 Å². The van der Waals surface area contributed by atoms with Gasteiger partial charge in [0.25, 0.3) is 0 Å². The molecule has 2 aromatic carbocycles. The third kappa shape index (κ3) is 4.36. The molecule has 0 atom stereocenters. The van der Waals surface area contributed by atoms with Crippen molar-refractivity contribution in [3.05, 3.63) is 65.0 Å². The van der Waals surface area contributed by atoms with Crippen LogP contribution in [0.4, 0.5) is 22.0 Å². The highest BCUT2D eigenvalue weighted by Crippen LogP contribution is 2.21. The molecule has 0 saturated carbocycles. The summed E-state index contributed by atoms with van der Waals surface area (Å²) in [5.74, 6) is -10.8. The molecule has 0 aromatic heterocycles. The summed E-state index contributed by atoms with van der Waals surface area (Å²) in [6, 6.07) is 8.12. The molecule has 0 aliphatic rings. The largest absolute Gasteiger partial charge is 0.298 e. The van der Waals surface area contributed by atoms with E-state index in [-0.39, 0.29) is 4.90 Å². The van der Waals surface area contributed by atoms with E-state index in [1.54, 1.807) is 18.2 Å². The van der Waals surface area contributed by atoms with Crippen LogP contribution in [0.3, 0.4) is 0 Å². The van der Waals surface area contributed by atoms with Gasteiger partial charge in [-0.2, -0.15) is 0 Å². The van der Waals surface area contributed by atoms with Crippen LogP contribution in [-0.4, -0.2) is 14.7 Å². The van der Waals surface area contributed by atoms with Crippen molar-refractivity contribution in [2.75, 3.05) is 0 Å². The fourth-order valence-electron chi connectivity index (χ4n) is 1.37. The molecule has 2 rings (SSSR count). The highest BCUT2D eigenvalue weighted by molar-refractivity contribution is 9.09. The SMILES string of the molecule is O=Cc1c(F)c(F)c(F)c(F)c1F.O=S(=O)(NBr)c1ccccc1. The van der Waals surface area contributed by atoms with E-state index in [0.717, 1.165) is 0 Å². The second-order valence-corrected chi connectivity index (χ2v) is 6.60. The lowest BCUT2D eigenvalue weighted by molar-refractivity contribution is 0.111. The van der Waals surface area contributed by atoms with E-state index in [9.17, 15) is 35.2 Å². The summed E-state index contributed by atoms with van der Waals surface area (Å²) in [7, 11) is -3.33. The van der Waals surface area contributed by atoms with Gasteiger partial charge in [-0.1, -0.05) is 18.2 Å². The molecule has 0 heterocycles. The van der Waals surface area contributed by atoms with Gasteiger partial charge < -0.3 is 0 Å². The van der Waals surface area contributed by atoms with Gasteiger partial charge in [-0.15, -0.1) is 3.75 Å². The molecule has 2 aromatic rings.